The van der Waals surface area contributed by atoms with Crippen LogP contribution in [0.15, 0.2) is 41.3 Å². The highest BCUT2D eigenvalue weighted by atomic mass is 16.5. The highest BCUT2D eigenvalue weighted by molar-refractivity contribution is 5.95. The van der Waals surface area contributed by atoms with Gasteiger partial charge in [-0.1, -0.05) is 0 Å². The second-order valence-corrected chi connectivity index (χ2v) is 7.29. The van der Waals surface area contributed by atoms with Crippen molar-refractivity contribution < 1.29 is 9.53 Å². The Labute approximate surface area is 159 Å². The second kappa shape index (κ2) is 7.47. The molecule has 0 spiro atoms. The Hall–Kier alpha value is -2.76. The van der Waals surface area contributed by atoms with Gasteiger partial charge in [-0.15, -0.1) is 0 Å². The molecule has 1 aromatic carbocycles. The number of carbonyl (C=O) groups excluding carboxylic acids is 1. The summed E-state index contributed by atoms with van der Waals surface area (Å²) in [4.78, 5) is 28.8. The number of rotatable bonds is 3. The van der Waals surface area contributed by atoms with Gasteiger partial charge in [0.15, 0.2) is 0 Å². The number of piperidine rings is 1. The van der Waals surface area contributed by atoms with Gasteiger partial charge >= 0.3 is 0 Å². The molecule has 2 aromatic rings. The van der Waals surface area contributed by atoms with Crippen LogP contribution in [0.2, 0.25) is 0 Å². The average molecular weight is 367 g/mol. The van der Waals surface area contributed by atoms with Crippen LogP contribution in [-0.4, -0.2) is 41.6 Å². The Bertz CT molecular complexity index is 900. The van der Waals surface area contributed by atoms with Crippen LogP contribution < -0.4 is 15.2 Å². The third kappa shape index (κ3) is 3.70. The predicted molar refractivity (Wildman–Crippen MR) is 104 cm³/mol. The minimum absolute atomic E-state index is 0.0107. The van der Waals surface area contributed by atoms with Crippen molar-refractivity contribution in [1.29, 1.82) is 0 Å². The number of hydrogen-bond donors (Lipinski definition) is 0. The Balaban J connectivity index is 1.55. The molecular weight excluding hydrogens is 342 g/mol. The Morgan fingerprint density at radius 1 is 1.07 bits per heavy atom. The number of pyridine rings is 1. The average Bonchev–Trinajstić information content (AvgIpc) is 2.71. The molecule has 1 saturated heterocycles. The number of hydrogen-bond acceptors (Lipinski definition) is 4. The lowest BCUT2D eigenvalue weighted by molar-refractivity contribution is 0.0724. The number of nitrogens with zero attached hydrogens (tertiary/aromatic N) is 3. The molecule has 2 aliphatic rings. The summed E-state index contributed by atoms with van der Waals surface area (Å²) in [6.07, 6.45) is 5.16. The van der Waals surface area contributed by atoms with E-state index in [4.69, 9.17) is 4.74 Å². The van der Waals surface area contributed by atoms with Gasteiger partial charge in [0.2, 0.25) is 0 Å². The molecule has 0 radical (unpaired) electrons. The maximum absolute atomic E-state index is 12.7. The fraction of sp³-hybridized carbons (Fsp3) is 0.429. The monoisotopic (exact) mass is 367 g/mol. The van der Waals surface area contributed by atoms with Gasteiger partial charge in [-0.25, -0.2) is 0 Å². The van der Waals surface area contributed by atoms with Gasteiger partial charge in [-0.05, 0) is 49.1 Å². The SMILES string of the molecule is Cn1ccc(CN2CCOc3cc(C(=O)N4CCCCC4)ccc32)cc1=O. The Kier molecular flexibility index (Phi) is 4.88. The largest absolute Gasteiger partial charge is 0.490 e. The van der Waals surface area contributed by atoms with Gasteiger partial charge < -0.3 is 19.1 Å². The third-order valence-electron chi connectivity index (χ3n) is 5.35. The lowest BCUT2D eigenvalue weighted by Gasteiger charge is -2.32. The zero-order valence-electron chi connectivity index (χ0n) is 15.7. The number of ether oxygens (including phenoxy) is 1. The summed E-state index contributed by atoms with van der Waals surface area (Å²) in [5.41, 5.74) is 2.62. The van der Waals surface area contributed by atoms with E-state index in [1.165, 1.54) is 6.42 Å². The van der Waals surface area contributed by atoms with Crippen LogP contribution in [0, 0.1) is 0 Å². The molecule has 142 valence electrons. The number of fused-ring (bicyclic) bond motifs is 1. The van der Waals surface area contributed by atoms with Crippen molar-refractivity contribution in [3.8, 4) is 5.75 Å². The first-order valence-corrected chi connectivity index (χ1v) is 9.58. The van der Waals surface area contributed by atoms with Crippen molar-refractivity contribution in [2.24, 2.45) is 7.05 Å². The van der Waals surface area contributed by atoms with Crippen LogP contribution in [0.5, 0.6) is 5.75 Å². The van der Waals surface area contributed by atoms with E-state index in [9.17, 15) is 9.59 Å². The van der Waals surface area contributed by atoms with Gasteiger partial charge in [-0.2, -0.15) is 0 Å². The third-order valence-corrected chi connectivity index (χ3v) is 5.35. The summed E-state index contributed by atoms with van der Waals surface area (Å²) in [5.74, 6) is 0.831. The molecule has 2 aliphatic heterocycles. The van der Waals surface area contributed by atoms with Gasteiger partial charge in [-0.3, -0.25) is 9.59 Å². The Morgan fingerprint density at radius 2 is 1.89 bits per heavy atom. The molecule has 0 N–H and O–H groups in total. The van der Waals surface area contributed by atoms with Crippen molar-refractivity contribution in [3.05, 3.63) is 58.0 Å². The summed E-state index contributed by atoms with van der Waals surface area (Å²) >= 11 is 0. The van der Waals surface area contributed by atoms with E-state index < -0.39 is 0 Å². The van der Waals surface area contributed by atoms with Gasteiger partial charge in [0.25, 0.3) is 11.5 Å². The van der Waals surface area contributed by atoms with E-state index >= 15 is 0 Å². The first-order chi connectivity index (χ1) is 13.1. The van der Waals surface area contributed by atoms with E-state index in [2.05, 4.69) is 4.90 Å². The van der Waals surface area contributed by atoms with Crippen molar-refractivity contribution in [1.82, 2.24) is 9.47 Å². The maximum atomic E-state index is 12.7. The maximum Gasteiger partial charge on any atom is 0.253 e. The number of amides is 1. The van der Waals surface area contributed by atoms with Crippen LogP contribution in [0.25, 0.3) is 0 Å². The minimum atomic E-state index is -0.0107. The molecular formula is C21H25N3O3. The molecule has 0 bridgehead atoms. The predicted octanol–water partition coefficient (Wildman–Crippen LogP) is 2.41. The molecule has 0 saturated carbocycles. The van der Waals surface area contributed by atoms with Crippen molar-refractivity contribution in [2.45, 2.75) is 25.8 Å². The van der Waals surface area contributed by atoms with E-state index in [-0.39, 0.29) is 11.5 Å². The molecule has 1 fully saturated rings. The molecule has 27 heavy (non-hydrogen) atoms. The van der Waals surface area contributed by atoms with E-state index in [0.29, 0.717) is 18.7 Å². The number of benzene rings is 1. The second-order valence-electron chi connectivity index (χ2n) is 7.29. The van der Waals surface area contributed by atoms with Gasteiger partial charge in [0.1, 0.15) is 12.4 Å². The Morgan fingerprint density at radius 3 is 2.67 bits per heavy atom. The highest BCUT2D eigenvalue weighted by Crippen LogP contribution is 2.34. The van der Waals surface area contributed by atoms with E-state index in [1.807, 2.05) is 29.2 Å². The number of carbonyl (C=O) groups is 1. The lowest BCUT2D eigenvalue weighted by Crippen LogP contribution is -2.36. The van der Waals surface area contributed by atoms with E-state index in [0.717, 1.165) is 49.5 Å². The molecule has 6 heteroatoms. The van der Waals surface area contributed by atoms with Crippen LogP contribution in [-0.2, 0) is 13.6 Å². The zero-order chi connectivity index (χ0) is 18.8. The van der Waals surface area contributed by atoms with Crippen molar-refractivity contribution in [3.63, 3.8) is 0 Å². The van der Waals surface area contributed by atoms with E-state index in [1.54, 1.807) is 23.9 Å². The number of aryl methyl sites for hydroxylation is 1. The smallest absolute Gasteiger partial charge is 0.253 e. The lowest BCUT2D eigenvalue weighted by atomic mass is 10.1. The van der Waals surface area contributed by atoms with Crippen LogP contribution >= 0.6 is 0 Å². The molecule has 0 atom stereocenters. The quantitative estimate of drug-likeness (QED) is 0.836. The van der Waals surface area contributed by atoms with Gasteiger partial charge in [0.05, 0.1) is 12.2 Å². The summed E-state index contributed by atoms with van der Waals surface area (Å²) in [7, 11) is 1.75. The number of aromatic nitrogens is 1. The topological polar surface area (TPSA) is 54.8 Å². The van der Waals surface area contributed by atoms with Crippen molar-refractivity contribution in [2.75, 3.05) is 31.1 Å². The first-order valence-electron chi connectivity index (χ1n) is 9.58. The zero-order valence-corrected chi connectivity index (χ0v) is 15.7. The normalized spacial score (nSPS) is 16.6. The molecule has 1 amide bonds. The van der Waals surface area contributed by atoms with Gasteiger partial charge in [0, 0.05) is 44.5 Å². The molecule has 4 rings (SSSR count). The molecule has 0 unspecified atom stereocenters. The van der Waals surface area contributed by atoms with Crippen LogP contribution in [0.4, 0.5) is 5.69 Å². The fourth-order valence-electron chi connectivity index (χ4n) is 3.76. The molecule has 1 aromatic heterocycles. The highest BCUT2D eigenvalue weighted by Gasteiger charge is 2.23. The fourth-order valence-corrected chi connectivity index (χ4v) is 3.76. The molecule has 0 aliphatic carbocycles. The summed E-state index contributed by atoms with van der Waals surface area (Å²) in [6.45, 7) is 3.64. The summed E-state index contributed by atoms with van der Waals surface area (Å²) in [6, 6.07) is 9.35. The summed E-state index contributed by atoms with van der Waals surface area (Å²) < 4.78 is 7.40. The van der Waals surface area contributed by atoms with Crippen LogP contribution in [0.3, 0.4) is 0 Å². The number of likely N-dealkylation sites (tertiary alicyclic amines) is 1. The minimum Gasteiger partial charge on any atom is -0.490 e. The first kappa shape index (κ1) is 17.6. The molecule has 3 heterocycles. The van der Waals surface area contributed by atoms with Crippen molar-refractivity contribution >= 4 is 11.6 Å². The number of anilines is 1. The summed E-state index contributed by atoms with van der Waals surface area (Å²) in [5, 5.41) is 0. The van der Waals surface area contributed by atoms with Crippen LogP contribution in [0.1, 0.15) is 35.2 Å². The standard InChI is InChI=1S/C21H25N3O3/c1-22-10-7-16(13-20(22)25)15-24-11-12-27-19-14-17(5-6-18(19)24)21(26)23-8-3-2-4-9-23/h5-7,10,13-14H,2-4,8-9,11-12,15H2,1H3. The molecule has 6 nitrogen and oxygen atoms in total.